The molecule has 3 aromatic carbocycles. The highest BCUT2D eigenvalue weighted by molar-refractivity contribution is 7.81. The smallest absolute Gasteiger partial charge is 0.446 e. The number of esters is 2. The van der Waals surface area contributed by atoms with Gasteiger partial charge in [0.15, 0.2) is 28.8 Å². The van der Waals surface area contributed by atoms with Crippen LogP contribution in [0, 0.1) is 6.92 Å². The lowest BCUT2D eigenvalue weighted by atomic mass is 10.1. The molecule has 0 amide bonds. The quantitative estimate of drug-likeness (QED) is 0.113. The molecule has 242 valence electrons. The third-order valence-electron chi connectivity index (χ3n) is 6.81. The lowest BCUT2D eigenvalue weighted by molar-refractivity contribution is 0.0470. The fourth-order valence-electron chi connectivity index (χ4n) is 4.78. The summed E-state index contributed by atoms with van der Waals surface area (Å²) < 4.78 is 76.2. The number of carbonyl (C=O) groups excluding carboxylic acids is 2. The molecule has 0 aliphatic carbocycles. The van der Waals surface area contributed by atoms with Gasteiger partial charge in [0.2, 0.25) is 0 Å². The molecule has 13 nitrogen and oxygen atoms in total. The predicted molar refractivity (Wildman–Crippen MR) is 163 cm³/mol. The Morgan fingerprint density at radius 3 is 2.04 bits per heavy atom. The van der Waals surface area contributed by atoms with Gasteiger partial charge in [0.25, 0.3) is 0 Å². The average Bonchev–Trinajstić information content (AvgIpc) is 3.55. The zero-order valence-corrected chi connectivity index (χ0v) is 26.1. The summed E-state index contributed by atoms with van der Waals surface area (Å²) in [5.74, 6) is -1.02. The largest absolute Gasteiger partial charge is 0.493 e. The van der Waals surface area contributed by atoms with Gasteiger partial charge in [-0.05, 0) is 31.0 Å². The SMILES string of the molecule is CCCOC(=O)c1c(COc2cc3c(C(=O)OCc4ccccc4)c(C)oc3cc2OC)oc2cc(OC)c(OS(=O)(=O)O)cc12. The highest BCUT2D eigenvalue weighted by atomic mass is 32.3. The van der Waals surface area contributed by atoms with Gasteiger partial charge in [-0.15, -0.1) is 0 Å². The van der Waals surface area contributed by atoms with Crippen LogP contribution in [0.1, 0.15) is 51.1 Å². The lowest BCUT2D eigenvalue weighted by Gasteiger charge is -2.11. The molecule has 2 heterocycles. The first-order valence-corrected chi connectivity index (χ1v) is 15.3. The Morgan fingerprint density at radius 2 is 1.39 bits per heavy atom. The van der Waals surface area contributed by atoms with Crippen molar-refractivity contribution in [3.05, 3.63) is 82.8 Å². The van der Waals surface area contributed by atoms with Crippen molar-refractivity contribution in [2.45, 2.75) is 33.5 Å². The van der Waals surface area contributed by atoms with Crippen LogP contribution < -0.4 is 18.4 Å². The molecule has 5 aromatic rings. The third-order valence-corrected chi connectivity index (χ3v) is 7.20. The normalized spacial score (nSPS) is 11.4. The van der Waals surface area contributed by atoms with Gasteiger partial charge in [-0.1, -0.05) is 37.3 Å². The molecule has 1 N–H and O–H groups in total. The van der Waals surface area contributed by atoms with E-state index in [1.807, 2.05) is 37.3 Å². The van der Waals surface area contributed by atoms with E-state index in [9.17, 15) is 22.6 Å². The van der Waals surface area contributed by atoms with Crippen LogP contribution >= 0.6 is 0 Å². The fraction of sp³-hybridized carbons (Fsp3) is 0.250. The van der Waals surface area contributed by atoms with Crippen molar-refractivity contribution in [1.29, 1.82) is 0 Å². The Kier molecular flexibility index (Phi) is 9.39. The number of fused-ring (bicyclic) bond motifs is 2. The molecular weight excluding hydrogens is 624 g/mol. The number of ether oxygens (including phenoxy) is 5. The molecule has 0 bridgehead atoms. The summed E-state index contributed by atoms with van der Waals surface area (Å²) in [4.78, 5) is 26.3. The van der Waals surface area contributed by atoms with Crippen LogP contribution in [-0.2, 0) is 33.1 Å². The molecule has 0 aliphatic rings. The van der Waals surface area contributed by atoms with Crippen LogP contribution in [0.25, 0.3) is 21.9 Å². The monoisotopic (exact) mass is 654 g/mol. The highest BCUT2D eigenvalue weighted by Crippen LogP contribution is 2.40. The van der Waals surface area contributed by atoms with Crippen molar-refractivity contribution in [2.24, 2.45) is 0 Å². The van der Waals surface area contributed by atoms with Gasteiger partial charge in [-0.25, -0.2) is 9.59 Å². The number of carbonyl (C=O) groups is 2. The maximum absolute atomic E-state index is 13.2. The van der Waals surface area contributed by atoms with Crippen LogP contribution in [0.4, 0.5) is 0 Å². The Bertz CT molecular complexity index is 2010. The summed E-state index contributed by atoms with van der Waals surface area (Å²) >= 11 is 0. The van der Waals surface area contributed by atoms with Gasteiger partial charge < -0.3 is 36.7 Å². The average molecular weight is 655 g/mol. The lowest BCUT2D eigenvalue weighted by Crippen LogP contribution is -2.10. The highest BCUT2D eigenvalue weighted by Gasteiger charge is 2.27. The maximum atomic E-state index is 13.2. The number of furan rings is 2. The van der Waals surface area contributed by atoms with Crippen molar-refractivity contribution in [3.63, 3.8) is 0 Å². The maximum Gasteiger partial charge on any atom is 0.446 e. The molecule has 0 saturated carbocycles. The van der Waals surface area contributed by atoms with Crippen LogP contribution in [0.5, 0.6) is 23.0 Å². The van der Waals surface area contributed by atoms with Crippen molar-refractivity contribution in [1.82, 2.24) is 0 Å². The van der Waals surface area contributed by atoms with Crippen molar-refractivity contribution >= 4 is 44.3 Å². The molecule has 0 radical (unpaired) electrons. The first-order chi connectivity index (χ1) is 22.0. The molecule has 5 rings (SSSR count). The summed E-state index contributed by atoms with van der Waals surface area (Å²) in [7, 11) is -2.24. The van der Waals surface area contributed by atoms with Crippen molar-refractivity contribution < 1.29 is 59.3 Å². The van der Waals surface area contributed by atoms with Crippen molar-refractivity contribution in [3.8, 4) is 23.0 Å². The van der Waals surface area contributed by atoms with E-state index in [4.69, 9.17) is 32.5 Å². The minimum atomic E-state index is -4.92. The van der Waals surface area contributed by atoms with Crippen LogP contribution in [0.2, 0.25) is 0 Å². The number of benzene rings is 3. The minimum Gasteiger partial charge on any atom is -0.493 e. The molecule has 0 aliphatic heterocycles. The van der Waals surface area contributed by atoms with E-state index in [0.717, 1.165) is 5.56 Å². The Hall–Kier alpha value is -5.21. The van der Waals surface area contributed by atoms with Crippen LogP contribution in [-0.4, -0.2) is 45.7 Å². The van der Waals surface area contributed by atoms with Crippen molar-refractivity contribution in [2.75, 3.05) is 20.8 Å². The summed E-state index contributed by atoms with van der Waals surface area (Å²) in [5.41, 5.74) is 1.46. The zero-order chi connectivity index (χ0) is 33.0. The van der Waals surface area contributed by atoms with Gasteiger partial charge >= 0.3 is 22.3 Å². The van der Waals surface area contributed by atoms with Gasteiger partial charge in [-0.3, -0.25) is 4.55 Å². The molecule has 0 fully saturated rings. The second-order valence-electron chi connectivity index (χ2n) is 9.93. The number of aryl methyl sites for hydroxylation is 1. The summed E-state index contributed by atoms with van der Waals surface area (Å²) in [6, 6.07) is 14.8. The van der Waals surface area contributed by atoms with Gasteiger partial charge in [0, 0.05) is 22.9 Å². The molecule has 2 aromatic heterocycles. The Labute approximate surface area is 263 Å². The first-order valence-electron chi connectivity index (χ1n) is 13.9. The number of rotatable bonds is 13. The number of methoxy groups -OCH3 is 2. The molecule has 0 atom stereocenters. The zero-order valence-electron chi connectivity index (χ0n) is 25.3. The standard InChI is InChI=1S/C32H30O13S/c1-5-11-40-32(34)30-21-13-27(45-46(35,36)37)25(39-4)15-23(21)44-28(30)17-41-26-12-20-22(14-24(26)38-3)43-18(2)29(20)31(33)42-16-19-9-7-6-8-10-19/h6-10,12-15H,5,11,16-17H2,1-4H3,(H,35,36,37). The van der Waals surface area contributed by atoms with E-state index in [0.29, 0.717) is 23.2 Å². The summed E-state index contributed by atoms with van der Waals surface area (Å²) in [6.07, 6.45) is 0.537. The number of hydrogen-bond donors (Lipinski definition) is 1. The van der Waals surface area contributed by atoms with Gasteiger partial charge in [-0.2, -0.15) is 8.42 Å². The number of hydrogen-bond acceptors (Lipinski definition) is 12. The molecule has 0 unspecified atom stereocenters. The molecule has 0 spiro atoms. The second kappa shape index (κ2) is 13.4. The predicted octanol–water partition coefficient (Wildman–Crippen LogP) is 6.19. The summed E-state index contributed by atoms with van der Waals surface area (Å²) in [6.45, 7) is 3.30. The Morgan fingerprint density at radius 1 is 0.783 bits per heavy atom. The van der Waals surface area contributed by atoms with Gasteiger partial charge in [0.1, 0.15) is 41.3 Å². The fourth-order valence-corrected chi connectivity index (χ4v) is 5.13. The van der Waals surface area contributed by atoms with Crippen LogP contribution in [0.3, 0.4) is 0 Å². The minimum absolute atomic E-state index is 0.0233. The topological polar surface area (TPSA) is 170 Å². The van der Waals surface area contributed by atoms with E-state index >= 15 is 0 Å². The molecular formula is C32H30O13S. The van der Waals surface area contributed by atoms with Crippen LogP contribution in [0.15, 0.2) is 63.4 Å². The van der Waals surface area contributed by atoms with E-state index < -0.39 is 22.3 Å². The Balaban J connectivity index is 1.51. The first kappa shape index (κ1) is 32.2. The van der Waals surface area contributed by atoms with E-state index in [-0.39, 0.29) is 70.7 Å². The van der Waals surface area contributed by atoms with E-state index in [1.54, 1.807) is 19.1 Å². The molecule has 46 heavy (non-hydrogen) atoms. The molecule has 14 heteroatoms. The summed E-state index contributed by atoms with van der Waals surface area (Å²) in [5, 5.41) is 0.533. The van der Waals surface area contributed by atoms with Gasteiger partial charge in [0.05, 0.1) is 20.8 Å². The second-order valence-corrected chi connectivity index (χ2v) is 11.0. The van der Waals surface area contributed by atoms with E-state index in [1.165, 1.54) is 26.4 Å². The third kappa shape index (κ3) is 6.87. The molecule has 0 saturated heterocycles. The van der Waals surface area contributed by atoms with E-state index in [2.05, 4.69) is 4.18 Å².